The highest BCUT2D eigenvalue weighted by Gasteiger charge is 2.35. The van der Waals surface area contributed by atoms with Crippen molar-refractivity contribution in [2.45, 2.75) is 25.4 Å². The summed E-state index contributed by atoms with van der Waals surface area (Å²) < 4.78 is 14.3. The maximum absolute atomic E-state index is 14.3. The summed E-state index contributed by atoms with van der Waals surface area (Å²) in [7, 11) is 0. The number of aryl methyl sites for hydroxylation is 1. The van der Waals surface area contributed by atoms with Crippen molar-refractivity contribution in [3.8, 4) is 0 Å². The van der Waals surface area contributed by atoms with Gasteiger partial charge in [0.25, 0.3) is 0 Å². The molecule has 1 nitrogen and oxygen atoms in total. The number of halogens is 2. The van der Waals surface area contributed by atoms with Gasteiger partial charge in [0.1, 0.15) is 5.67 Å². The molecule has 0 bridgehead atoms. The van der Waals surface area contributed by atoms with E-state index < -0.39 is 5.67 Å². The Hall–Kier alpha value is -0.600. The third kappa shape index (κ3) is 2.50. The maximum atomic E-state index is 14.3. The van der Waals surface area contributed by atoms with Gasteiger partial charge in [0, 0.05) is 6.54 Å². The van der Waals surface area contributed by atoms with Gasteiger partial charge >= 0.3 is 0 Å². The minimum absolute atomic E-state index is 0. The monoisotopic (exact) mass is 229 g/mol. The maximum Gasteiger partial charge on any atom is 0.149 e. The topological polar surface area (TPSA) is 12.0 Å². The van der Waals surface area contributed by atoms with Crippen molar-refractivity contribution in [2.24, 2.45) is 0 Å². The SMILES string of the molecule is CCc1cccc(C2(F)CCNC2)c1.Cl. The molecule has 1 unspecified atom stereocenters. The van der Waals surface area contributed by atoms with Crippen molar-refractivity contribution < 1.29 is 4.39 Å². The van der Waals surface area contributed by atoms with Crippen molar-refractivity contribution >= 4 is 12.4 Å². The summed E-state index contributed by atoms with van der Waals surface area (Å²) in [6.45, 7) is 3.34. The molecule has 1 aromatic carbocycles. The highest BCUT2D eigenvalue weighted by atomic mass is 35.5. The standard InChI is InChI=1S/C12H16FN.ClH/c1-2-10-4-3-5-11(8-10)12(13)6-7-14-9-12;/h3-5,8,14H,2,6-7,9H2,1H3;1H. The Bertz CT molecular complexity index is 321. The molecule has 1 atom stereocenters. The molecule has 84 valence electrons. The van der Waals surface area contributed by atoms with Crippen molar-refractivity contribution in [2.75, 3.05) is 13.1 Å². The van der Waals surface area contributed by atoms with E-state index in [1.54, 1.807) is 0 Å². The van der Waals surface area contributed by atoms with E-state index >= 15 is 0 Å². The van der Waals surface area contributed by atoms with Crippen molar-refractivity contribution in [3.63, 3.8) is 0 Å². The Morgan fingerprint density at radius 2 is 2.27 bits per heavy atom. The minimum Gasteiger partial charge on any atom is -0.313 e. The molecule has 1 aliphatic rings. The molecule has 2 rings (SSSR count). The molecule has 1 aliphatic heterocycles. The Morgan fingerprint density at radius 1 is 1.47 bits per heavy atom. The number of benzene rings is 1. The average Bonchev–Trinajstić information content (AvgIpc) is 2.67. The molecule has 3 heteroatoms. The van der Waals surface area contributed by atoms with Crippen LogP contribution in [0.1, 0.15) is 24.5 Å². The van der Waals surface area contributed by atoms with E-state index in [1.165, 1.54) is 5.56 Å². The molecule has 1 fully saturated rings. The predicted molar refractivity (Wildman–Crippen MR) is 63.3 cm³/mol. The molecule has 0 aromatic heterocycles. The first-order valence-electron chi connectivity index (χ1n) is 5.24. The summed E-state index contributed by atoms with van der Waals surface area (Å²) >= 11 is 0. The second kappa shape index (κ2) is 4.95. The first-order valence-corrected chi connectivity index (χ1v) is 5.24. The second-order valence-electron chi connectivity index (χ2n) is 3.95. The van der Waals surface area contributed by atoms with Gasteiger partial charge < -0.3 is 5.32 Å². The van der Waals surface area contributed by atoms with E-state index in [4.69, 9.17) is 0 Å². The number of hydrogen-bond donors (Lipinski definition) is 1. The molecule has 15 heavy (non-hydrogen) atoms. The lowest BCUT2D eigenvalue weighted by Gasteiger charge is -2.19. The first-order chi connectivity index (χ1) is 6.74. The molecule has 0 amide bonds. The zero-order valence-corrected chi connectivity index (χ0v) is 9.74. The number of hydrogen-bond acceptors (Lipinski definition) is 1. The first kappa shape index (κ1) is 12.5. The van der Waals surface area contributed by atoms with Crippen LogP contribution in [0.15, 0.2) is 24.3 Å². The summed E-state index contributed by atoms with van der Waals surface area (Å²) in [4.78, 5) is 0. The molecule has 1 aromatic rings. The van der Waals surface area contributed by atoms with Gasteiger partial charge in [0.05, 0.1) is 0 Å². The third-order valence-electron chi connectivity index (χ3n) is 2.96. The fourth-order valence-corrected chi connectivity index (χ4v) is 1.98. The van der Waals surface area contributed by atoms with Crippen LogP contribution in [0, 0.1) is 0 Å². The van der Waals surface area contributed by atoms with Gasteiger partial charge in [-0.25, -0.2) is 4.39 Å². The Kier molecular flexibility index (Phi) is 4.12. The smallest absolute Gasteiger partial charge is 0.149 e. The fourth-order valence-electron chi connectivity index (χ4n) is 1.98. The van der Waals surface area contributed by atoms with E-state index in [0.29, 0.717) is 13.0 Å². The molecule has 0 radical (unpaired) electrons. The lowest BCUT2D eigenvalue weighted by molar-refractivity contribution is 0.193. The Morgan fingerprint density at radius 3 is 2.87 bits per heavy atom. The van der Waals surface area contributed by atoms with E-state index in [9.17, 15) is 4.39 Å². The Balaban J connectivity index is 0.00000112. The van der Waals surface area contributed by atoms with E-state index in [0.717, 1.165) is 18.5 Å². The highest BCUT2D eigenvalue weighted by molar-refractivity contribution is 5.85. The van der Waals surface area contributed by atoms with Gasteiger partial charge in [0.15, 0.2) is 0 Å². The molecule has 0 aliphatic carbocycles. The fraction of sp³-hybridized carbons (Fsp3) is 0.500. The molecule has 1 N–H and O–H groups in total. The van der Waals surface area contributed by atoms with Crippen LogP contribution in [0.5, 0.6) is 0 Å². The molecular formula is C12H17ClFN. The minimum atomic E-state index is -1.13. The van der Waals surface area contributed by atoms with Crippen molar-refractivity contribution in [1.29, 1.82) is 0 Å². The lowest BCUT2D eigenvalue weighted by atomic mass is 9.93. The zero-order chi connectivity index (χ0) is 10.0. The second-order valence-corrected chi connectivity index (χ2v) is 3.95. The van der Waals surface area contributed by atoms with Crippen LogP contribution in [0.4, 0.5) is 4.39 Å². The quantitative estimate of drug-likeness (QED) is 0.823. The molecule has 1 heterocycles. The number of alkyl halides is 1. The molecule has 0 spiro atoms. The van der Waals surface area contributed by atoms with E-state index in [2.05, 4.69) is 18.3 Å². The van der Waals surface area contributed by atoms with Crippen LogP contribution in [-0.4, -0.2) is 13.1 Å². The normalized spacial score (nSPS) is 24.9. The summed E-state index contributed by atoms with van der Waals surface area (Å²) in [6, 6.07) is 7.89. The zero-order valence-electron chi connectivity index (χ0n) is 8.92. The number of rotatable bonds is 2. The van der Waals surface area contributed by atoms with Gasteiger partial charge in [-0.1, -0.05) is 31.2 Å². The third-order valence-corrected chi connectivity index (χ3v) is 2.96. The van der Waals surface area contributed by atoms with Gasteiger partial charge in [-0.2, -0.15) is 0 Å². The van der Waals surface area contributed by atoms with Crippen LogP contribution in [0.3, 0.4) is 0 Å². The summed E-state index contributed by atoms with van der Waals surface area (Å²) in [5.74, 6) is 0. The van der Waals surface area contributed by atoms with Crippen molar-refractivity contribution in [3.05, 3.63) is 35.4 Å². The van der Waals surface area contributed by atoms with Crippen LogP contribution in [0.2, 0.25) is 0 Å². The molecule has 1 saturated heterocycles. The largest absolute Gasteiger partial charge is 0.313 e. The van der Waals surface area contributed by atoms with E-state index in [-0.39, 0.29) is 12.4 Å². The van der Waals surface area contributed by atoms with Gasteiger partial charge in [-0.15, -0.1) is 12.4 Å². The van der Waals surface area contributed by atoms with Crippen LogP contribution >= 0.6 is 12.4 Å². The van der Waals surface area contributed by atoms with Gasteiger partial charge in [-0.3, -0.25) is 0 Å². The Labute approximate surface area is 96.5 Å². The summed E-state index contributed by atoms with van der Waals surface area (Å²) in [5.41, 5.74) is 0.916. The van der Waals surface area contributed by atoms with Crippen LogP contribution in [0.25, 0.3) is 0 Å². The van der Waals surface area contributed by atoms with Gasteiger partial charge in [0.2, 0.25) is 0 Å². The average molecular weight is 230 g/mol. The summed E-state index contributed by atoms with van der Waals surface area (Å²) in [5, 5.41) is 3.07. The summed E-state index contributed by atoms with van der Waals surface area (Å²) in [6.07, 6.45) is 1.57. The van der Waals surface area contributed by atoms with Crippen LogP contribution in [-0.2, 0) is 12.1 Å². The lowest BCUT2D eigenvalue weighted by Crippen LogP contribution is -2.23. The van der Waals surface area contributed by atoms with Crippen LogP contribution < -0.4 is 5.32 Å². The predicted octanol–water partition coefficient (Wildman–Crippen LogP) is 2.83. The molecule has 0 saturated carbocycles. The van der Waals surface area contributed by atoms with Gasteiger partial charge in [-0.05, 0) is 30.5 Å². The van der Waals surface area contributed by atoms with Crippen molar-refractivity contribution in [1.82, 2.24) is 5.32 Å². The van der Waals surface area contributed by atoms with E-state index in [1.807, 2.05) is 18.2 Å². The number of nitrogens with one attached hydrogen (secondary N) is 1. The highest BCUT2D eigenvalue weighted by Crippen LogP contribution is 2.32. The molecular weight excluding hydrogens is 213 g/mol.